The molecule has 1 N–H and O–H groups in total. The van der Waals surface area contributed by atoms with Crippen LogP contribution in [0.4, 0.5) is 5.69 Å². The molecule has 0 bridgehead atoms. The Kier molecular flexibility index (Phi) is 7.00. The van der Waals surface area contributed by atoms with Gasteiger partial charge in [0.15, 0.2) is 16.7 Å². The zero-order valence-corrected chi connectivity index (χ0v) is 19.4. The highest BCUT2D eigenvalue weighted by atomic mass is 32.2. The molecular formula is C26H24N2O4S. The second-order valence-electron chi connectivity index (χ2n) is 7.37. The Labute approximate surface area is 197 Å². The second kappa shape index (κ2) is 10.3. The maximum absolute atomic E-state index is 12.4. The molecule has 0 unspecified atom stereocenters. The Morgan fingerprint density at radius 1 is 0.970 bits per heavy atom. The largest absolute Gasteiger partial charge is 0.497 e. The van der Waals surface area contributed by atoms with E-state index in [1.807, 2.05) is 60.7 Å². The van der Waals surface area contributed by atoms with Crippen LogP contribution in [0.5, 0.6) is 17.2 Å². The normalized spacial score (nSPS) is 15.5. The van der Waals surface area contributed by atoms with E-state index in [2.05, 4.69) is 29.4 Å². The number of carbonyl (C=O) groups excluding carboxylic acids is 1. The molecule has 0 atom stereocenters. The lowest BCUT2D eigenvalue weighted by atomic mass is 10.1. The first kappa shape index (κ1) is 22.5. The summed E-state index contributed by atoms with van der Waals surface area (Å²) in [5.74, 6) is 1.81. The fourth-order valence-electron chi connectivity index (χ4n) is 3.26. The Morgan fingerprint density at radius 3 is 2.52 bits per heavy atom. The number of carbonyl (C=O) groups is 1. The molecule has 0 spiro atoms. The average molecular weight is 461 g/mol. The summed E-state index contributed by atoms with van der Waals surface area (Å²) in [6.07, 6.45) is 1.81. The van der Waals surface area contributed by atoms with Gasteiger partial charge >= 0.3 is 0 Å². The van der Waals surface area contributed by atoms with Gasteiger partial charge in [0, 0.05) is 0 Å². The lowest BCUT2D eigenvalue weighted by molar-refractivity contribution is -0.115. The Bertz CT molecular complexity index is 1220. The number of rotatable bonds is 7. The number of methoxy groups -OCH3 is 2. The van der Waals surface area contributed by atoms with Gasteiger partial charge in [0.2, 0.25) is 0 Å². The quantitative estimate of drug-likeness (QED) is 0.473. The summed E-state index contributed by atoms with van der Waals surface area (Å²) >= 11 is 1.29. The van der Waals surface area contributed by atoms with Crippen molar-refractivity contribution >= 4 is 34.6 Å². The fourth-order valence-corrected chi connectivity index (χ4v) is 4.10. The van der Waals surface area contributed by atoms with Gasteiger partial charge < -0.3 is 19.5 Å². The number of amides is 1. The van der Waals surface area contributed by atoms with Gasteiger partial charge in [-0.05, 0) is 72.3 Å². The molecule has 0 saturated carbocycles. The predicted octanol–water partition coefficient (Wildman–Crippen LogP) is 5.48. The third-order valence-corrected chi connectivity index (χ3v) is 5.83. The van der Waals surface area contributed by atoms with Crippen molar-refractivity contribution in [2.24, 2.45) is 4.99 Å². The van der Waals surface area contributed by atoms with E-state index in [4.69, 9.17) is 14.2 Å². The van der Waals surface area contributed by atoms with Crippen LogP contribution >= 0.6 is 11.8 Å². The first-order valence-electron chi connectivity index (χ1n) is 10.3. The van der Waals surface area contributed by atoms with E-state index < -0.39 is 0 Å². The minimum absolute atomic E-state index is 0.189. The van der Waals surface area contributed by atoms with Crippen molar-refractivity contribution in [3.05, 3.63) is 88.3 Å². The molecule has 168 valence electrons. The number of hydrogen-bond donors (Lipinski definition) is 1. The topological polar surface area (TPSA) is 69.2 Å². The van der Waals surface area contributed by atoms with Crippen molar-refractivity contribution in [1.82, 2.24) is 5.32 Å². The fraction of sp³-hybridized carbons (Fsp3) is 0.154. The molecule has 0 radical (unpaired) electrons. The van der Waals surface area contributed by atoms with E-state index in [1.165, 1.54) is 17.3 Å². The Morgan fingerprint density at radius 2 is 1.79 bits per heavy atom. The van der Waals surface area contributed by atoms with E-state index >= 15 is 0 Å². The van der Waals surface area contributed by atoms with Crippen LogP contribution in [0.1, 0.15) is 16.7 Å². The molecule has 1 saturated heterocycles. The van der Waals surface area contributed by atoms with Gasteiger partial charge in [-0.1, -0.05) is 35.9 Å². The summed E-state index contributed by atoms with van der Waals surface area (Å²) < 4.78 is 16.6. The van der Waals surface area contributed by atoms with E-state index in [9.17, 15) is 4.79 Å². The number of nitrogens with zero attached hydrogens (tertiary/aromatic N) is 1. The SMILES string of the molecule is COc1ccc(N=C2NC(=O)C(=Cc3ccc(OCc4cccc(C)c4)c(OC)c3)S2)cc1. The van der Waals surface area contributed by atoms with Gasteiger partial charge in [0.25, 0.3) is 5.91 Å². The molecule has 1 amide bonds. The highest BCUT2D eigenvalue weighted by molar-refractivity contribution is 8.18. The van der Waals surface area contributed by atoms with Crippen LogP contribution in [0, 0.1) is 6.92 Å². The summed E-state index contributed by atoms with van der Waals surface area (Å²) in [7, 11) is 3.21. The Hall–Kier alpha value is -3.71. The van der Waals surface area contributed by atoms with Crippen molar-refractivity contribution in [1.29, 1.82) is 0 Å². The molecule has 6 nitrogen and oxygen atoms in total. The predicted molar refractivity (Wildman–Crippen MR) is 132 cm³/mol. The molecule has 4 rings (SSSR count). The summed E-state index contributed by atoms with van der Waals surface area (Å²) in [6, 6.07) is 21.1. The van der Waals surface area contributed by atoms with Crippen molar-refractivity contribution in [2.45, 2.75) is 13.5 Å². The van der Waals surface area contributed by atoms with Gasteiger partial charge in [-0.3, -0.25) is 4.79 Å². The van der Waals surface area contributed by atoms with Gasteiger partial charge in [-0.25, -0.2) is 4.99 Å². The van der Waals surface area contributed by atoms with Crippen LogP contribution in [0.3, 0.4) is 0 Å². The van der Waals surface area contributed by atoms with Crippen molar-refractivity contribution in [3.63, 3.8) is 0 Å². The highest BCUT2D eigenvalue weighted by Crippen LogP contribution is 2.33. The summed E-state index contributed by atoms with van der Waals surface area (Å²) in [6.45, 7) is 2.50. The van der Waals surface area contributed by atoms with E-state index in [0.717, 1.165) is 22.6 Å². The number of nitrogens with one attached hydrogen (secondary N) is 1. The number of amidine groups is 1. The summed E-state index contributed by atoms with van der Waals surface area (Å²) in [5.41, 5.74) is 3.84. The second-order valence-corrected chi connectivity index (χ2v) is 8.40. The third-order valence-electron chi connectivity index (χ3n) is 4.92. The summed E-state index contributed by atoms with van der Waals surface area (Å²) in [5, 5.41) is 3.33. The first-order valence-corrected chi connectivity index (χ1v) is 11.2. The zero-order chi connectivity index (χ0) is 23.2. The molecular weight excluding hydrogens is 436 g/mol. The van der Waals surface area contributed by atoms with Crippen LogP contribution in [-0.2, 0) is 11.4 Å². The van der Waals surface area contributed by atoms with Crippen LogP contribution in [-0.4, -0.2) is 25.3 Å². The first-order chi connectivity index (χ1) is 16.0. The molecule has 0 aliphatic carbocycles. The number of ether oxygens (including phenoxy) is 3. The average Bonchev–Trinajstić information content (AvgIpc) is 3.16. The number of aryl methyl sites for hydroxylation is 1. The smallest absolute Gasteiger partial charge is 0.264 e. The van der Waals surface area contributed by atoms with Crippen molar-refractivity contribution < 1.29 is 19.0 Å². The van der Waals surface area contributed by atoms with E-state index in [-0.39, 0.29) is 5.91 Å². The maximum Gasteiger partial charge on any atom is 0.264 e. The highest BCUT2D eigenvalue weighted by Gasteiger charge is 2.24. The third kappa shape index (κ3) is 5.75. The molecule has 1 aliphatic rings. The Balaban J connectivity index is 1.47. The van der Waals surface area contributed by atoms with Crippen LogP contribution < -0.4 is 19.5 Å². The number of benzene rings is 3. The number of thioether (sulfide) groups is 1. The van der Waals surface area contributed by atoms with Crippen molar-refractivity contribution in [2.75, 3.05) is 14.2 Å². The lowest BCUT2D eigenvalue weighted by Gasteiger charge is -2.12. The molecule has 7 heteroatoms. The van der Waals surface area contributed by atoms with Gasteiger partial charge in [-0.2, -0.15) is 0 Å². The number of aliphatic imine (C=N–C) groups is 1. The molecule has 0 aromatic heterocycles. The van der Waals surface area contributed by atoms with Crippen LogP contribution in [0.2, 0.25) is 0 Å². The molecule has 3 aromatic rings. The molecule has 33 heavy (non-hydrogen) atoms. The van der Waals surface area contributed by atoms with Crippen LogP contribution in [0.15, 0.2) is 76.6 Å². The number of hydrogen-bond acceptors (Lipinski definition) is 6. The van der Waals surface area contributed by atoms with E-state index in [1.54, 1.807) is 14.2 Å². The molecule has 1 aliphatic heterocycles. The summed E-state index contributed by atoms with van der Waals surface area (Å²) in [4.78, 5) is 17.5. The van der Waals surface area contributed by atoms with E-state index in [0.29, 0.717) is 28.2 Å². The monoisotopic (exact) mass is 460 g/mol. The van der Waals surface area contributed by atoms with Gasteiger partial charge in [-0.15, -0.1) is 0 Å². The standard InChI is InChI=1S/C26H24N2O4S/c1-17-5-4-6-19(13-17)16-32-22-12-7-18(14-23(22)31-3)15-24-25(29)28-26(33-24)27-20-8-10-21(30-2)11-9-20/h4-15H,16H2,1-3H3,(H,27,28,29). The van der Waals surface area contributed by atoms with Gasteiger partial charge in [0.05, 0.1) is 24.8 Å². The van der Waals surface area contributed by atoms with Crippen molar-refractivity contribution in [3.8, 4) is 17.2 Å². The lowest BCUT2D eigenvalue weighted by Crippen LogP contribution is -2.19. The minimum Gasteiger partial charge on any atom is -0.497 e. The van der Waals surface area contributed by atoms with Crippen LogP contribution in [0.25, 0.3) is 6.08 Å². The molecule has 1 heterocycles. The maximum atomic E-state index is 12.4. The minimum atomic E-state index is -0.189. The van der Waals surface area contributed by atoms with Gasteiger partial charge in [0.1, 0.15) is 12.4 Å². The molecule has 3 aromatic carbocycles. The molecule has 1 fully saturated rings. The zero-order valence-electron chi connectivity index (χ0n) is 18.6.